The van der Waals surface area contributed by atoms with Gasteiger partial charge in [-0.05, 0) is 43.7 Å². The smallest absolute Gasteiger partial charge is 0.253 e. The normalized spacial score (nSPS) is 14.9. The fourth-order valence-electron chi connectivity index (χ4n) is 3.54. The van der Waals surface area contributed by atoms with E-state index < -0.39 is 10.9 Å². The molecule has 8 heteroatoms. The van der Waals surface area contributed by atoms with Gasteiger partial charge in [-0.3, -0.25) is 19.4 Å². The van der Waals surface area contributed by atoms with E-state index in [0.29, 0.717) is 17.9 Å². The van der Waals surface area contributed by atoms with Gasteiger partial charge in [0.1, 0.15) is 11.4 Å². The van der Waals surface area contributed by atoms with Crippen LogP contribution >= 0.6 is 11.9 Å². The van der Waals surface area contributed by atoms with Gasteiger partial charge in [-0.15, -0.1) is 4.89 Å². The second-order valence-electron chi connectivity index (χ2n) is 7.50. The van der Waals surface area contributed by atoms with Gasteiger partial charge in [0.15, 0.2) is 0 Å². The Hall–Kier alpha value is -1.90. The average Bonchev–Trinajstić information content (AvgIpc) is 2.77. The van der Waals surface area contributed by atoms with Crippen LogP contribution in [0.4, 0.5) is 17.1 Å². The molecule has 3 rings (SSSR count). The summed E-state index contributed by atoms with van der Waals surface area (Å²) in [7, 11) is 0. The standard InChI is InChI=1S/C21H30N4O3S/c26-20-18(19(21(20)27)24-17-9-12-22-13-10-17)23-11-5-2-6-14-29-25-28-15-16-7-3-1-4-8-16/h9-10,12-13,16,23,25H,1-8,11,14-15H2,(H,22,24). The van der Waals surface area contributed by atoms with Gasteiger partial charge in [0.25, 0.3) is 10.9 Å². The molecule has 0 unspecified atom stereocenters. The third-order valence-corrected chi connectivity index (χ3v) is 5.98. The number of aromatic nitrogens is 1. The van der Waals surface area contributed by atoms with E-state index in [0.717, 1.165) is 43.2 Å². The van der Waals surface area contributed by atoms with E-state index in [1.54, 1.807) is 36.5 Å². The van der Waals surface area contributed by atoms with Crippen LogP contribution in [0.5, 0.6) is 0 Å². The Kier molecular flexibility index (Phi) is 8.98. The van der Waals surface area contributed by atoms with Gasteiger partial charge >= 0.3 is 0 Å². The van der Waals surface area contributed by atoms with Crippen LogP contribution in [-0.2, 0) is 4.84 Å². The molecule has 3 N–H and O–H groups in total. The zero-order valence-corrected chi connectivity index (χ0v) is 17.6. The summed E-state index contributed by atoms with van der Waals surface area (Å²) in [5, 5.41) is 6.10. The molecule has 1 aromatic heterocycles. The monoisotopic (exact) mass is 418 g/mol. The Balaban J connectivity index is 1.23. The molecule has 1 fully saturated rings. The van der Waals surface area contributed by atoms with Crippen molar-refractivity contribution in [3.8, 4) is 0 Å². The molecule has 0 radical (unpaired) electrons. The molecule has 0 aliphatic heterocycles. The van der Waals surface area contributed by atoms with Gasteiger partial charge < -0.3 is 10.6 Å². The Labute approximate surface area is 175 Å². The summed E-state index contributed by atoms with van der Waals surface area (Å²) in [6.07, 6.45) is 13.0. The molecule has 0 bridgehead atoms. The van der Waals surface area contributed by atoms with Crippen molar-refractivity contribution in [3.63, 3.8) is 0 Å². The maximum absolute atomic E-state index is 11.8. The topological polar surface area (TPSA) is 92.3 Å². The zero-order chi connectivity index (χ0) is 20.3. The number of rotatable bonds is 13. The number of anilines is 3. The highest BCUT2D eigenvalue weighted by Crippen LogP contribution is 2.23. The fourth-order valence-corrected chi connectivity index (χ4v) is 4.12. The highest BCUT2D eigenvalue weighted by atomic mass is 32.2. The van der Waals surface area contributed by atoms with Crippen LogP contribution in [0.15, 0.2) is 34.1 Å². The van der Waals surface area contributed by atoms with Crippen LogP contribution in [-0.4, -0.2) is 23.9 Å². The molecule has 0 saturated heterocycles. The second kappa shape index (κ2) is 11.9. The number of nitrogens with zero attached hydrogens (tertiary/aromatic N) is 1. The van der Waals surface area contributed by atoms with Crippen molar-refractivity contribution < 1.29 is 4.84 Å². The third-order valence-electron chi connectivity index (χ3n) is 5.25. The van der Waals surface area contributed by atoms with Crippen LogP contribution < -0.4 is 26.4 Å². The number of unbranched alkanes of at least 4 members (excludes halogenated alkanes) is 2. The first-order chi connectivity index (χ1) is 14.3. The summed E-state index contributed by atoms with van der Waals surface area (Å²) >= 11 is 1.61. The molecule has 2 aromatic rings. The molecule has 29 heavy (non-hydrogen) atoms. The van der Waals surface area contributed by atoms with Gasteiger partial charge in [-0.25, -0.2) is 0 Å². The minimum atomic E-state index is -0.472. The van der Waals surface area contributed by atoms with Gasteiger partial charge in [0.2, 0.25) is 0 Å². The van der Waals surface area contributed by atoms with Crippen molar-refractivity contribution in [1.29, 1.82) is 0 Å². The summed E-state index contributed by atoms with van der Waals surface area (Å²) in [5.74, 6) is 1.70. The zero-order valence-electron chi connectivity index (χ0n) is 16.7. The molecule has 0 atom stereocenters. The van der Waals surface area contributed by atoms with Crippen molar-refractivity contribution in [2.24, 2.45) is 5.92 Å². The second-order valence-corrected chi connectivity index (χ2v) is 8.37. The van der Waals surface area contributed by atoms with Crippen molar-refractivity contribution in [2.45, 2.75) is 51.4 Å². The van der Waals surface area contributed by atoms with Gasteiger partial charge in [0.05, 0.1) is 6.61 Å². The Morgan fingerprint density at radius 1 is 1.00 bits per heavy atom. The maximum atomic E-state index is 11.8. The molecule has 0 amide bonds. The van der Waals surface area contributed by atoms with Gasteiger partial charge in [-0.1, -0.05) is 37.6 Å². The van der Waals surface area contributed by atoms with Crippen LogP contribution in [0.25, 0.3) is 0 Å². The van der Waals surface area contributed by atoms with Crippen LogP contribution in [0.1, 0.15) is 51.4 Å². The van der Waals surface area contributed by atoms with Crippen molar-refractivity contribution in [3.05, 3.63) is 45.0 Å². The summed E-state index contributed by atoms with van der Waals surface area (Å²) < 4.78 is 0. The quantitative estimate of drug-likeness (QED) is 0.196. The minimum absolute atomic E-state index is 0.344. The van der Waals surface area contributed by atoms with E-state index in [1.807, 2.05) is 0 Å². The third kappa shape index (κ3) is 6.83. The molecule has 1 aliphatic carbocycles. The number of nitrogens with one attached hydrogen (secondary N) is 3. The lowest BCUT2D eigenvalue weighted by molar-refractivity contribution is 0.0577. The molecule has 7 nitrogen and oxygen atoms in total. The molecular formula is C21H30N4O3S. The maximum Gasteiger partial charge on any atom is 0.253 e. The van der Waals surface area contributed by atoms with Gasteiger partial charge in [0, 0.05) is 30.4 Å². The Morgan fingerprint density at radius 3 is 2.55 bits per heavy atom. The summed E-state index contributed by atoms with van der Waals surface area (Å²) in [6, 6.07) is 3.51. The number of hydrogen-bond donors (Lipinski definition) is 3. The molecule has 1 heterocycles. The molecule has 0 spiro atoms. The summed E-state index contributed by atoms with van der Waals surface area (Å²) in [5.41, 5.74) is 0.553. The first-order valence-electron chi connectivity index (χ1n) is 10.5. The minimum Gasteiger partial charge on any atom is -0.380 e. The highest BCUT2D eigenvalue weighted by molar-refractivity contribution is 7.97. The Morgan fingerprint density at radius 2 is 1.76 bits per heavy atom. The highest BCUT2D eigenvalue weighted by Gasteiger charge is 2.20. The van der Waals surface area contributed by atoms with Crippen molar-refractivity contribution in [2.75, 3.05) is 29.5 Å². The lowest BCUT2D eigenvalue weighted by atomic mass is 9.90. The van der Waals surface area contributed by atoms with Crippen molar-refractivity contribution in [1.82, 2.24) is 9.87 Å². The number of hydrogen-bond acceptors (Lipinski definition) is 8. The van der Waals surface area contributed by atoms with Crippen LogP contribution in [0, 0.1) is 5.92 Å². The molecule has 1 saturated carbocycles. The Bertz CT molecular complexity index is 802. The average molecular weight is 419 g/mol. The van der Waals surface area contributed by atoms with E-state index in [4.69, 9.17) is 4.84 Å². The lowest BCUT2D eigenvalue weighted by Crippen LogP contribution is -2.36. The molecular weight excluding hydrogens is 388 g/mol. The largest absolute Gasteiger partial charge is 0.380 e. The fraction of sp³-hybridized carbons (Fsp3) is 0.571. The lowest BCUT2D eigenvalue weighted by Gasteiger charge is -2.20. The van der Waals surface area contributed by atoms with E-state index in [2.05, 4.69) is 20.5 Å². The van der Waals surface area contributed by atoms with Crippen molar-refractivity contribution >= 4 is 29.0 Å². The van der Waals surface area contributed by atoms with Crippen LogP contribution in [0.3, 0.4) is 0 Å². The van der Waals surface area contributed by atoms with E-state index >= 15 is 0 Å². The van der Waals surface area contributed by atoms with E-state index in [-0.39, 0.29) is 0 Å². The van der Waals surface area contributed by atoms with E-state index in [1.165, 1.54) is 32.1 Å². The van der Waals surface area contributed by atoms with Gasteiger partial charge in [-0.2, -0.15) is 0 Å². The van der Waals surface area contributed by atoms with Crippen LogP contribution in [0.2, 0.25) is 0 Å². The molecule has 1 aliphatic rings. The van der Waals surface area contributed by atoms with E-state index in [9.17, 15) is 9.59 Å². The first-order valence-corrected chi connectivity index (χ1v) is 11.5. The first kappa shape index (κ1) is 21.8. The predicted molar refractivity (Wildman–Crippen MR) is 119 cm³/mol. The SMILES string of the molecule is O=c1c(NCCCCCSNOCC2CCCCC2)c(Nc2ccncc2)c1=O. The number of pyridine rings is 1. The predicted octanol–water partition coefficient (Wildman–Crippen LogP) is 3.75. The molecule has 158 valence electrons. The molecule has 1 aromatic carbocycles. The summed E-state index contributed by atoms with van der Waals surface area (Å²) in [4.78, 5) is 36.1. The summed E-state index contributed by atoms with van der Waals surface area (Å²) in [6.45, 7) is 1.49.